The van der Waals surface area contributed by atoms with Gasteiger partial charge in [-0.15, -0.1) is 0 Å². The quantitative estimate of drug-likeness (QED) is 0.724. The van der Waals surface area contributed by atoms with Gasteiger partial charge in [-0.25, -0.2) is 0 Å². The highest BCUT2D eigenvalue weighted by Gasteiger charge is 2.27. The molecule has 0 bridgehead atoms. The van der Waals surface area contributed by atoms with E-state index in [0.717, 1.165) is 5.56 Å². The van der Waals surface area contributed by atoms with Crippen LogP contribution < -0.4 is 0 Å². The lowest BCUT2D eigenvalue weighted by atomic mass is 9.85. The van der Waals surface area contributed by atoms with Crippen molar-refractivity contribution in [2.75, 3.05) is 6.61 Å². The summed E-state index contributed by atoms with van der Waals surface area (Å²) in [4.78, 5) is 11.0. The van der Waals surface area contributed by atoms with Gasteiger partial charge in [-0.2, -0.15) is 0 Å². The summed E-state index contributed by atoms with van der Waals surface area (Å²) in [6.07, 6.45) is -0.531. The van der Waals surface area contributed by atoms with E-state index in [2.05, 4.69) is 0 Å². The van der Waals surface area contributed by atoms with Crippen molar-refractivity contribution in [1.82, 2.24) is 0 Å². The maximum atomic E-state index is 11.0. The first-order valence-electron chi connectivity index (χ1n) is 5.48. The van der Waals surface area contributed by atoms with Crippen molar-refractivity contribution < 1.29 is 20.1 Å². The molecular weight excluding hydrogens is 220 g/mol. The minimum atomic E-state index is -0.914. The van der Waals surface area contributed by atoms with Gasteiger partial charge in [0.15, 0.2) is 0 Å². The topological polar surface area (TPSA) is 77.8 Å². The Balaban J connectivity index is 2.89. The zero-order valence-electron chi connectivity index (χ0n) is 10.1. The van der Waals surface area contributed by atoms with Crippen LogP contribution in [0.4, 0.5) is 0 Å². The number of aliphatic carboxylic acids is 1. The van der Waals surface area contributed by atoms with Gasteiger partial charge in [0.1, 0.15) is 6.10 Å². The lowest BCUT2D eigenvalue weighted by Gasteiger charge is -2.19. The maximum absolute atomic E-state index is 11.0. The van der Waals surface area contributed by atoms with Crippen molar-refractivity contribution in [3.05, 3.63) is 35.4 Å². The van der Waals surface area contributed by atoms with Crippen LogP contribution in [-0.4, -0.2) is 27.9 Å². The fourth-order valence-corrected chi connectivity index (χ4v) is 1.60. The summed E-state index contributed by atoms with van der Waals surface area (Å²) < 4.78 is 0. The smallest absolute Gasteiger partial charge is 0.309 e. The number of benzene rings is 1. The summed E-state index contributed by atoms with van der Waals surface area (Å²) in [5.41, 5.74) is 0.594. The number of carboxylic acids is 1. The van der Waals surface area contributed by atoms with Crippen molar-refractivity contribution in [1.29, 1.82) is 0 Å². The maximum Gasteiger partial charge on any atom is 0.309 e. The summed E-state index contributed by atoms with van der Waals surface area (Å²) in [6.45, 7) is 2.97. The van der Waals surface area contributed by atoms with Crippen molar-refractivity contribution in [3.63, 3.8) is 0 Å². The molecule has 0 aliphatic carbocycles. The second-order valence-electron chi connectivity index (χ2n) is 4.81. The fourth-order valence-electron chi connectivity index (χ4n) is 1.60. The minimum absolute atomic E-state index is 0.341. The second-order valence-corrected chi connectivity index (χ2v) is 4.81. The van der Waals surface area contributed by atoms with E-state index in [9.17, 15) is 9.90 Å². The van der Waals surface area contributed by atoms with Crippen LogP contribution >= 0.6 is 0 Å². The molecule has 1 atom stereocenters. The van der Waals surface area contributed by atoms with E-state index in [4.69, 9.17) is 10.2 Å². The molecule has 0 spiro atoms. The van der Waals surface area contributed by atoms with E-state index < -0.39 is 17.5 Å². The van der Waals surface area contributed by atoms with Gasteiger partial charge in [0.25, 0.3) is 0 Å². The molecule has 1 aromatic rings. The van der Waals surface area contributed by atoms with Gasteiger partial charge >= 0.3 is 5.97 Å². The Bertz CT molecular complexity index is 398. The Morgan fingerprint density at radius 1 is 1.41 bits per heavy atom. The van der Waals surface area contributed by atoms with Crippen LogP contribution in [0.25, 0.3) is 0 Å². The first kappa shape index (κ1) is 13.7. The molecule has 0 saturated heterocycles. The van der Waals surface area contributed by atoms with Crippen molar-refractivity contribution in [2.45, 2.75) is 26.4 Å². The molecule has 17 heavy (non-hydrogen) atoms. The second kappa shape index (κ2) is 5.29. The van der Waals surface area contributed by atoms with Gasteiger partial charge in [0, 0.05) is 0 Å². The Hall–Kier alpha value is -1.39. The molecular formula is C13H18O4. The number of carboxylic acid groups (broad SMARTS) is 1. The van der Waals surface area contributed by atoms with Crippen molar-refractivity contribution >= 4 is 5.97 Å². The summed E-state index contributed by atoms with van der Waals surface area (Å²) in [7, 11) is 0. The van der Waals surface area contributed by atoms with E-state index in [1.807, 2.05) is 6.07 Å². The Labute approximate surface area is 101 Å². The molecule has 4 heteroatoms. The van der Waals surface area contributed by atoms with Gasteiger partial charge in [-0.05, 0) is 31.4 Å². The summed E-state index contributed by atoms with van der Waals surface area (Å²) in [6, 6.07) is 7.00. The van der Waals surface area contributed by atoms with Crippen LogP contribution in [-0.2, 0) is 11.2 Å². The highest BCUT2D eigenvalue weighted by Crippen LogP contribution is 2.24. The van der Waals surface area contributed by atoms with Crippen LogP contribution in [0.1, 0.15) is 31.1 Å². The van der Waals surface area contributed by atoms with Crippen LogP contribution in [0.3, 0.4) is 0 Å². The van der Waals surface area contributed by atoms with Crippen LogP contribution in [0.15, 0.2) is 24.3 Å². The number of aliphatic hydroxyl groups excluding tert-OH is 2. The van der Waals surface area contributed by atoms with Gasteiger partial charge in [0.05, 0.1) is 12.0 Å². The molecule has 1 aromatic carbocycles. The Morgan fingerprint density at radius 2 is 2.06 bits per heavy atom. The van der Waals surface area contributed by atoms with Gasteiger partial charge in [0.2, 0.25) is 0 Å². The molecule has 0 fully saturated rings. The standard InChI is InChI=1S/C13H18O4/c1-13(2,12(16)17)7-9-4-3-5-10(6-9)11(15)8-14/h3-6,11,14-15H,7-8H2,1-2H3,(H,16,17). The van der Waals surface area contributed by atoms with E-state index >= 15 is 0 Å². The van der Waals surface area contributed by atoms with E-state index in [1.165, 1.54) is 0 Å². The average molecular weight is 238 g/mol. The summed E-state index contributed by atoms with van der Waals surface area (Å²) in [5.74, 6) is -0.856. The zero-order chi connectivity index (χ0) is 13.1. The van der Waals surface area contributed by atoms with E-state index in [1.54, 1.807) is 32.0 Å². The molecule has 0 radical (unpaired) electrons. The molecule has 0 amide bonds. The van der Waals surface area contributed by atoms with Crippen LogP contribution in [0, 0.1) is 5.41 Å². The van der Waals surface area contributed by atoms with Gasteiger partial charge in [-0.1, -0.05) is 24.3 Å². The number of hydrogen-bond donors (Lipinski definition) is 3. The largest absolute Gasteiger partial charge is 0.481 e. The molecule has 0 saturated carbocycles. The molecule has 1 unspecified atom stereocenters. The molecule has 4 nitrogen and oxygen atoms in total. The molecule has 0 aromatic heterocycles. The normalized spacial score (nSPS) is 13.4. The SMILES string of the molecule is CC(C)(Cc1cccc(C(O)CO)c1)C(=O)O. The molecule has 0 heterocycles. The van der Waals surface area contributed by atoms with Gasteiger partial charge in [-0.3, -0.25) is 4.79 Å². The molecule has 94 valence electrons. The highest BCUT2D eigenvalue weighted by molar-refractivity contribution is 5.74. The third-order valence-electron chi connectivity index (χ3n) is 2.73. The first-order valence-corrected chi connectivity index (χ1v) is 5.48. The molecule has 1 rings (SSSR count). The average Bonchev–Trinajstić information content (AvgIpc) is 2.27. The lowest BCUT2D eigenvalue weighted by molar-refractivity contribution is -0.146. The van der Waals surface area contributed by atoms with Crippen LogP contribution in [0.2, 0.25) is 0 Å². The van der Waals surface area contributed by atoms with Gasteiger partial charge < -0.3 is 15.3 Å². The third kappa shape index (κ3) is 3.54. The zero-order valence-corrected chi connectivity index (χ0v) is 10.1. The Kier molecular flexibility index (Phi) is 4.26. The first-order chi connectivity index (χ1) is 7.86. The predicted molar refractivity (Wildman–Crippen MR) is 63.6 cm³/mol. The van der Waals surface area contributed by atoms with E-state index in [0.29, 0.717) is 12.0 Å². The fraction of sp³-hybridized carbons (Fsp3) is 0.462. The van der Waals surface area contributed by atoms with Crippen molar-refractivity contribution in [3.8, 4) is 0 Å². The highest BCUT2D eigenvalue weighted by atomic mass is 16.4. The summed E-state index contributed by atoms with van der Waals surface area (Å²) in [5, 5.41) is 27.4. The molecule has 0 aliphatic rings. The van der Waals surface area contributed by atoms with Crippen LogP contribution in [0.5, 0.6) is 0 Å². The number of aliphatic hydroxyl groups is 2. The minimum Gasteiger partial charge on any atom is -0.481 e. The number of rotatable bonds is 5. The number of hydrogen-bond acceptors (Lipinski definition) is 3. The Morgan fingerprint density at radius 3 is 2.59 bits per heavy atom. The monoisotopic (exact) mass is 238 g/mol. The number of carbonyl (C=O) groups is 1. The molecule has 3 N–H and O–H groups in total. The van der Waals surface area contributed by atoms with Crippen molar-refractivity contribution in [2.24, 2.45) is 5.41 Å². The lowest BCUT2D eigenvalue weighted by Crippen LogP contribution is -2.26. The van der Waals surface area contributed by atoms with E-state index in [-0.39, 0.29) is 6.61 Å². The third-order valence-corrected chi connectivity index (χ3v) is 2.73. The summed E-state index contributed by atoms with van der Waals surface area (Å²) >= 11 is 0. The molecule has 0 aliphatic heterocycles. The predicted octanol–water partition coefficient (Wildman–Crippen LogP) is 1.37.